The van der Waals surface area contributed by atoms with Crippen LogP contribution in [0.2, 0.25) is 5.02 Å². The molecular formula is C25H23ClF2N4O5. The van der Waals surface area contributed by atoms with Crippen LogP contribution in [0, 0.1) is 18.6 Å². The van der Waals surface area contributed by atoms with Crippen LogP contribution in [0.3, 0.4) is 0 Å². The zero-order valence-electron chi connectivity index (χ0n) is 20.1. The van der Waals surface area contributed by atoms with E-state index in [2.05, 4.69) is 0 Å². The number of amides is 3. The van der Waals surface area contributed by atoms with Crippen molar-refractivity contribution in [3.8, 4) is 11.4 Å². The molecule has 0 radical (unpaired) electrons. The molecule has 2 heterocycles. The first-order valence-corrected chi connectivity index (χ1v) is 11.4. The van der Waals surface area contributed by atoms with E-state index in [0.29, 0.717) is 17.1 Å². The minimum Gasteiger partial charge on any atom is -0.487 e. The molecule has 3 amide bonds. The van der Waals surface area contributed by atoms with Crippen LogP contribution in [-0.2, 0) is 11.4 Å². The molecule has 3 N–H and O–H groups in total. The van der Waals surface area contributed by atoms with Gasteiger partial charge >= 0.3 is 6.03 Å². The number of halogens is 3. The second-order valence-corrected chi connectivity index (χ2v) is 9.38. The van der Waals surface area contributed by atoms with E-state index in [1.165, 1.54) is 47.6 Å². The number of urea groups is 1. The van der Waals surface area contributed by atoms with E-state index < -0.39 is 34.7 Å². The molecule has 0 unspecified atom stereocenters. The predicted molar refractivity (Wildman–Crippen MR) is 133 cm³/mol. The standard InChI is InChI=1S/C25H23ClF2N4O5/c1-13-8-20(37-11-14-4-5-15(27)9-17(14)28)21(26)22(33)32(13)16-6-7-18-19(10-16)30(12-31(18)24(29)35)23(34)25(2,3)36/h4-10,36H,11-12H2,1-3H3,(H2,29,35). The van der Waals surface area contributed by atoms with Crippen molar-refractivity contribution in [1.82, 2.24) is 4.57 Å². The molecule has 4 rings (SSSR count). The minimum absolute atomic E-state index is 0.00374. The molecule has 0 saturated carbocycles. The number of ether oxygens (including phenoxy) is 1. The van der Waals surface area contributed by atoms with Crippen LogP contribution in [0.15, 0.2) is 47.3 Å². The Labute approximate surface area is 215 Å². The van der Waals surface area contributed by atoms with E-state index in [4.69, 9.17) is 22.1 Å². The van der Waals surface area contributed by atoms with Gasteiger partial charge in [0.15, 0.2) is 0 Å². The molecule has 0 spiro atoms. The van der Waals surface area contributed by atoms with Gasteiger partial charge in [0.1, 0.15) is 41.3 Å². The second kappa shape index (κ2) is 9.49. The lowest BCUT2D eigenvalue weighted by molar-refractivity contribution is -0.133. The summed E-state index contributed by atoms with van der Waals surface area (Å²) < 4.78 is 33.9. The van der Waals surface area contributed by atoms with Crippen molar-refractivity contribution in [3.05, 3.63) is 80.7 Å². The lowest BCUT2D eigenvalue weighted by Gasteiger charge is -2.25. The fourth-order valence-electron chi connectivity index (χ4n) is 3.98. The number of primary amides is 1. The molecule has 1 aromatic heterocycles. The van der Waals surface area contributed by atoms with Crippen LogP contribution in [0.25, 0.3) is 5.69 Å². The van der Waals surface area contributed by atoms with Gasteiger partial charge in [-0.1, -0.05) is 11.6 Å². The molecule has 0 aliphatic carbocycles. The highest BCUT2D eigenvalue weighted by molar-refractivity contribution is 6.31. The number of aliphatic hydroxyl groups is 1. The Hall–Kier alpha value is -3.96. The lowest BCUT2D eigenvalue weighted by Crippen LogP contribution is -2.48. The van der Waals surface area contributed by atoms with Crippen LogP contribution in [-0.4, -0.2) is 33.9 Å². The van der Waals surface area contributed by atoms with Gasteiger partial charge in [0.25, 0.3) is 11.5 Å². The molecule has 12 heteroatoms. The van der Waals surface area contributed by atoms with Crippen LogP contribution < -0.4 is 25.8 Å². The van der Waals surface area contributed by atoms with Crippen molar-refractivity contribution in [1.29, 1.82) is 0 Å². The maximum absolute atomic E-state index is 14.0. The number of carbonyl (C=O) groups excluding carboxylic acids is 2. The van der Waals surface area contributed by atoms with Crippen LogP contribution >= 0.6 is 11.6 Å². The number of fused-ring (bicyclic) bond motifs is 1. The summed E-state index contributed by atoms with van der Waals surface area (Å²) in [4.78, 5) is 40.4. The molecule has 0 fully saturated rings. The van der Waals surface area contributed by atoms with E-state index in [1.54, 1.807) is 13.0 Å². The van der Waals surface area contributed by atoms with Crippen molar-refractivity contribution in [2.75, 3.05) is 16.5 Å². The maximum atomic E-state index is 14.0. The first-order chi connectivity index (χ1) is 17.3. The predicted octanol–water partition coefficient (Wildman–Crippen LogP) is 3.62. The van der Waals surface area contributed by atoms with E-state index in [-0.39, 0.29) is 35.3 Å². The molecule has 1 aliphatic heterocycles. The third kappa shape index (κ3) is 4.87. The third-order valence-electron chi connectivity index (χ3n) is 5.81. The monoisotopic (exact) mass is 532 g/mol. The molecule has 3 aromatic rings. The topological polar surface area (TPSA) is 118 Å². The van der Waals surface area contributed by atoms with Gasteiger partial charge in [-0.25, -0.2) is 13.6 Å². The molecular weight excluding hydrogens is 510 g/mol. The van der Waals surface area contributed by atoms with E-state index >= 15 is 0 Å². The maximum Gasteiger partial charge on any atom is 0.320 e. The fraction of sp³-hybridized carbons (Fsp3) is 0.240. The molecule has 2 aromatic carbocycles. The van der Waals surface area contributed by atoms with Crippen molar-refractivity contribution in [2.45, 2.75) is 33.0 Å². The number of hydrogen-bond donors (Lipinski definition) is 2. The Morgan fingerprint density at radius 2 is 1.81 bits per heavy atom. The van der Waals surface area contributed by atoms with Gasteiger partial charge in [-0.3, -0.25) is 24.0 Å². The summed E-state index contributed by atoms with van der Waals surface area (Å²) in [5.41, 5.74) is 4.46. The smallest absolute Gasteiger partial charge is 0.320 e. The van der Waals surface area contributed by atoms with Gasteiger partial charge in [-0.15, -0.1) is 0 Å². The summed E-state index contributed by atoms with van der Waals surface area (Å²) in [6, 6.07) is 8.30. The lowest BCUT2D eigenvalue weighted by atomic mass is 10.1. The Morgan fingerprint density at radius 1 is 1.11 bits per heavy atom. The Bertz CT molecular complexity index is 1490. The SMILES string of the molecule is Cc1cc(OCc2ccc(F)cc2F)c(Cl)c(=O)n1-c1ccc2c(c1)N(C(=O)C(C)(C)O)CN2C(N)=O. The number of benzene rings is 2. The summed E-state index contributed by atoms with van der Waals surface area (Å²) in [5, 5.41) is 9.97. The highest BCUT2D eigenvalue weighted by Crippen LogP contribution is 2.39. The number of nitrogens with two attached hydrogens (primary N) is 1. The van der Waals surface area contributed by atoms with E-state index in [1.807, 2.05) is 0 Å². The zero-order valence-corrected chi connectivity index (χ0v) is 20.8. The summed E-state index contributed by atoms with van der Waals surface area (Å²) in [7, 11) is 0. The van der Waals surface area contributed by atoms with Crippen LogP contribution in [0.4, 0.5) is 25.0 Å². The molecule has 0 atom stereocenters. The van der Waals surface area contributed by atoms with Crippen molar-refractivity contribution in [2.24, 2.45) is 5.73 Å². The Kier molecular flexibility index (Phi) is 6.70. The van der Waals surface area contributed by atoms with Gasteiger partial charge in [0.2, 0.25) is 0 Å². The number of hydrogen-bond acceptors (Lipinski definition) is 5. The Balaban J connectivity index is 1.72. The summed E-state index contributed by atoms with van der Waals surface area (Å²) in [6.07, 6.45) is 0. The average Bonchev–Trinajstić information content (AvgIpc) is 3.19. The highest BCUT2D eigenvalue weighted by atomic mass is 35.5. The average molecular weight is 533 g/mol. The van der Waals surface area contributed by atoms with Gasteiger partial charge in [0, 0.05) is 23.4 Å². The highest BCUT2D eigenvalue weighted by Gasteiger charge is 2.39. The van der Waals surface area contributed by atoms with Gasteiger partial charge in [-0.05, 0) is 51.1 Å². The summed E-state index contributed by atoms with van der Waals surface area (Å²) in [5.74, 6) is -2.19. The first-order valence-electron chi connectivity index (χ1n) is 11.0. The summed E-state index contributed by atoms with van der Waals surface area (Å²) in [6.45, 7) is 3.75. The third-order valence-corrected chi connectivity index (χ3v) is 6.16. The quantitative estimate of drug-likeness (QED) is 0.520. The molecule has 0 saturated heterocycles. The molecule has 194 valence electrons. The molecule has 0 bridgehead atoms. The summed E-state index contributed by atoms with van der Waals surface area (Å²) >= 11 is 6.29. The van der Waals surface area contributed by atoms with Gasteiger partial charge < -0.3 is 15.6 Å². The minimum atomic E-state index is -1.74. The van der Waals surface area contributed by atoms with E-state index in [0.717, 1.165) is 17.0 Å². The largest absolute Gasteiger partial charge is 0.487 e. The van der Waals surface area contributed by atoms with Gasteiger partial charge in [-0.2, -0.15) is 0 Å². The zero-order chi connectivity index (χ0) is 27.2. The number of aromatic nitrogens is 1. The van der Waals surface area contributed by atoms with Gasteiger partial charge in [0.05, 0.1) is 17.1 Å². The number of carbonyl (C=O) groups is 2. The van der Waals surface area contributed by atoms with Crippen LogP contribution in [0.1, 0.15) is 25.1 Å². The fourth-order valence-corrected chi connectivity index (χ4v) is 4.18. The van der Waals surface area contributed by atoms with Crippen molar-refractivity contribution < 1.29 is 28.2 Å². The second-order valence-electron chi connectivity index (χ2n) is 9.00. The van der Waals surface area contributed by atoms with E-state index in [9.17, 15) is 28.3 Å². The number of anilines is 2. The first kappa shape index (κ1) is 26.1. The molecule has 1 aliphatic rings. The van der Waals surface area contributed by atoms with Crippen LogP contribution in [0.5, 0.6) is 5.75 Å². The molecule has 37 heavy (non-hydrogen) atoms. The number of pyridine rings is 1. The molecule has 9 nitrogen and oxygen atoms in total. The van der Waals surface area contributed by atoms with Crippen molar-refractivity contribution in [3.63, 3.8) is 0 Å². The number of nitrogens with zero attached hydrogens (tertiary/aromatic N) is 3. The number of aryl methyl sites for hydroxylation is 1. The number of rotatable bonds is 5. The van der Waals surface area contributed by atoms with Crippen molar-refractivity contribution >= 4 is 34.9 Å². The Morgan fingerprint density at radius 3 is 2.43 bits per heavy atom. The normalized spacial score (nSPS) is 13.1.